The summed E-state index contributed by atoms with van der Waals surface area (Å²) in [5, 5.41) is 10.3. The highest BCUT2D eigenvalue weighted by molar-refractivity contribution is 5.90. The summed E-state index contributed by atoms with van der Waals surface area (Å²) >= 11 is 0. The molecule has 3 aromatic rings. The molecule has 0 spiro atoms. The minimum atomic E-state index is -0.556. The Labute approximate surface area is 178 Å². The Morgan fingerprint density at radius 2 is 2.06 bits per heavy atom. The number of nitrogens with zero attached hydrogens (tertiary/aromatic N) is 4. The molecule has 1 aromatic heterocycles. The molecule has 0 unspecified atom stereocenters. The van der Waals surface area contributed by atoms with Crippen molar-refractivity contribution in [1.82, 2.24) is 20.3 Å². The van der Waals surface area contributed by atoms with Crippen LogP contribution in [-0.4, -0.2) is 46.2 Å². The number of cyclic esters (lactones) is 1. The van der Waals surface area contributed by atoms with E-state index in [2.05, 4.69) is 15.6 Å². The minimum absolute atomic E-state index is 0.200. The van der Waals surface area contributed by atoms with Gasteiger partial charge in [0.15, 0.2) is 0 Å². The van der Waals surface area contributed by atoms with Gasteiger partial charge in [0.1, 0.15) is 11.9 Å². The zero-order valence-corrected chi connectivity index (χ0v) is 17.0. The predicted octanol–water partition coefficient (Wildman–Crippen LogP) is 2.79. The lowest BCUT2D eigenvalue weighted by molar-refractivity contribution is -0.119. The first-order chi connectivity index (χ1) is 15.0. The molecule has 2 heterocycles. The molecule has 31 heavy (non-hydrogen) atoms. The van der Waals surface area contributed by atoms with E-state index in [1.54, 1.807) is 23.0 Å². The van der Waals surface area contributed by atoms with Crippen LogP contribution in [-0.2, 0) is 22.5 Å². The maximum atomic E-state index is 14.8. The first-order valence-corrected chi connectivity index (χ1v) is 9.95. The summed E-state index contributed by atoms with van der Waals surface area (Å²) in [6.45, 7) is 2.59. The number of aromatic nitrogens is 3. The van der Waals surface area contributed by atoms with Crippen LogP contribution in [0.2, 0.25) is 0 Å². The second-order valence-corrected chi connectivity index (χ2v) is 7.33. The molecular formula is C22H22FN5O3. The quantitative estimate of drug-likeness (QED) is 0.631. The van der Waals surface area contributed by atoms with Crippen molar-refractivity contribution in [2.45, 2.75) is 26.0 Å². The summed E-state index contributed by atoms with van der Waals surface area (Å²) in [5.74, 6) is -0.625. The van der Waals surface area contributed by atoms with Crippen LogP contribution in [0.1, 0.15) is 12.5 Å². The molecule has 8 nitrogen and oxygen atoms in total. The Balaban J connectivity index is 1.42. The molecule has 1 aliphatic rings. The first-order valence-electron chi connectivity index (χ1n) is 9.95. The number of carbonyl (C=O) groups is 2. The summed E-state index contributed by atoms with van der Waals surface area (Å²) < 4.78 is 21.8. The standard InChI is InChI=1S/C22H22FN5O3/c1-15(29)24-13-19-14-28(22(30)31-19)18-6-7-20(21(23)12-18)17-4-2-16(3-5-17)8-10-27-11-9-25-26-27/h2-7,9,11-12,19H,8,10,13-14H2,1H3,(H,24,29)/t19-/m0/s1. The van der Waals surface area contributed by atoms with Crippen LogP contribution in [0.5, 0.6) is 0 Å². The third kappa shape index (κ3) is 4.88. The number of hydrogen-bond acceptors (Lipinski definition) is 5. The Morgan fingerprint density at radius 3 is 2.74 bits per heavy atom. The third-order valence-electron chi connectivity index (χ3n) is 5.08. The topological polar surface area (TPSA) is 89.4 Å². The Morgan fingerprint density at radius 1 is 1.26 bits per heavy atom. The van der Waals surface area contributed by atoms with Gasteiger partial charge in [-0.25, -0.2) is 9.18 Å². The van der Waals surface area contributed by atoms with Crippen LogP contribution in [0.15, 0.2) is 54.9 Å². The molecule has 0 saturated carbocycles. The van der Waals surface area contributed by atoms with Crippen LogP contribution < -0.4 is 10.2 Å². The minimum Gasteiger partial charge on any atom is -0.442 e. The van der Waals surface area contributed by atoms with Gasteiger partial charge in [-0.15, -0.1) is 5.10 Å². The number of amides is 2. The molecule has 1 fully saturated rings. The monoisotopic (exact) mass is 423 g/mol. The van der Waals surface area contributed by atoms with E-state index in [-0.39, 0.29) is 19.0 Å². The second kappa shape index (κ2) is 8.95. The van der Waals surface area contributed by atoms with E-state index in [1.807, 2.05) is 30.5 Å². The van der Waals surface area contributed by atoms with Crippen molar-refractivity contribution in [2.24, 2.45) is 0 Å². The van der Waals surface area contributed by atoms with Crippen molar-refractivity contribution >= 4 is 17.7 Å². The molecule has 1 N–H and O–H groups in total. The number of halogens is 1. The van der Waals surface area contributed by atoms with E-state index < -0.39 is 18.0 Å². The fourth-order valence-electron chi connectivity index (χ4n) is 3.45. The summed E-state index contributed by atoms with van der Waals surface area (Å²) in [4.78, 5) is 24.5. The number of carbonyl (C=O) groups excluding carboxylic acids is 2. The number of ether oxygens (including phenoxy) is 1. The van der Waals surface area contributed by atoms with Crippen LogP contribution in [0.3, 0.4) is 0 Å². The number of rotatable bonds is 7. The van der Waals surface area contributed by atoms with Crippen LogP contribution in [0.4, 0.5) is 14.9 Å². The normalized spacial score (nSPS) is 15.7. The molecule has 4 rings (SSSR count). The van der Waals surface area contributed by atoms with E-state index in [0.29, 0.717) is 11.3 Å². The lowest BCUT2D eigenvalue weighted by Gasteiger charge is -2.14. The molecule has 0 radical (unpaired) electrons. The van der Waals surface area contributed by atoms with E-state index in [4.69, 9.17) is 4.74 Å². The van der Waals surface area contributed by atoms with Crippen molar-refractivity contribution in [3.63, 3.8) is 0 Å². The highest BCUT2D eigenvalue weighted by Gasteiger charge is 2.32. The summed E-state index contributed by atoms with van der Waals surface area (Å²) in [6, 6.07) is 12.4. The third-order valence-corrected chi connectivity index (χ3v) is 5.08. The van der Waals surface area contributed by atoms with Gasteiger partial charge in [0.05, 0.1) is 25.0 Å². The molecule has 160 valence electrons. The molecule has 1 aliphatic heterocycles. The van der Waals surface area contributed by atoms with Gasteiger partial charge >= 0.3 is 6.09 Å². The van der Waals surface area contributed by atoms with Gasteiger partial charge in [0.2, 0.25) is 5.91 Å². The lowest BCUT2D eigenvalue weighted by atomic mass is 10.0. The van der Waals surface area contributed by atoms with Crippen molar-refractivity contribution in [2.75, 3.05) is 18.0 Å². The smallest absolute Gasteiger partial charge is 0.414 e. The van der Waals surface area contributed by atoms with Gasteiger partial charge in [-0.2, -0.15) is 0 Å². The fourth-order valence-corrected chi connectivity index (χ4v) is 3.45. The Kier molecular flexibility index (Phi) is 5.92. The molecule has 1 saturated heterocycles. The number of aryl methyl sites for hydroxylation is 2. The molecular weight excluding hydrogens is 401 g/mol. The van der Waals surface area contributed by atoms with Crippen molar-refractivity contribution in [3.05, 3.63) is 66.2 Å². The SMILES string of the molecule is CC(=O)NC[C@H]1CN(c2ccc(-c3ccc(CCn4ccnn4)cc3)c(F)c2)C(=O)O1. The van der Waals surface area contributed by atoms with E-state index >= 15 is 0 Å². The van der Waals surface area contributed by atoms with Crippen molar-refractivity contribution in [1.29, 1.82) is 0 Å². The van der Waals surface area contributed by atoms with E-state index in [0.717, 1.165) is 24.1 Å². The number of nitrogens with one attached hydrogen (secondary N) is 1. The summed E-state index contributed by atoms with van der Waals surface area (Å²) in [6.07, 6.45) is 3.22. The lowest BCUT2D eigenvalue weighted by Crippen LogP contribution is -2.33. The number of anilines is 1. The van der Waals surface area contributed by atoms with Crippen LogP contribution >= 0.6 is 0 Å². The van der Waals surface area contributed by atoms with Crippen molar-refractivity contribution in [3.8, 4) is 11.1 Å². The average molecular weight is 423 g/mol. The Hall–Kier alpha value is -3.75. The number of benzene rings is 2. The van der Waals surface area contributed by atoms with Gasteiger partial charge in [0.25, 0.3) is 0 Å². The van der Waals surface area contributed by atoms with Gasteiger partial charge < -0.3 is 10.1 Å². The van der Waals surface area contributed by atoms with Crippen LogP contribution in [0.25, 0.3) is 11.1 Å². The van der Waals surface area contributed by atoms with Crippen molar-refractivity contribution < 1.29 is 18.7 Å². The van der Waals surface area contributed by atoms with Gasteiger partial charge in [-0.05, 0) is 35.7 Å². The zero-order chi connectivity index (χ0) is 21.8. The maximum absolute atomic E-state index is 14.8. The summed E-state index contributed by atoms with van der Waals surface area (Å²) in [5.41, 5.74) is 2.73. The largest absolute Gasteiger partial charge is 0.442 e. The number of hydrogen-bond donors (Lipinski definition) is 1. The predicted molar refractivity (Wildman–Crippen MR) is 112 cm³/mol. The molecule has 2 aromatic carbocycles. The molecule has 0 aliphatic carbocycles. The van der Waals surface area contributed by atoms with Gasteiger partial charge in [-0.3, -0.25) is 14.4 Å². The van der Waals surface area contributed by atoms with Gasteiger partial charge in [0, 0.05) is 25.2 Å². The highest BCUT2D eigenvalue weighted by Crippen LogP contribution is 2.29. The van der Waals surface area contributed by atoms with E-state index in [9.17, 15) is 14.0 Å². The van der Waals surface area contributed by atoms with E-state index in [1.165, 1.54) is 17.9 Å². The molecule has 1 atom stereocenters. The highest BCUT2D eigenvalue weighted by atomic mass is 19.1. The maximum Gasteiger partial charge on any atom is 0.414 e. The first kappa shape index (κ1) is 20.5. The molecule has 2 amide bonds. The van der Waals surface area contributed by atoms with Crippen LogP contribution in [0, 0.1) is 5.82 Å². The molecule has 9 heteroatoms. The summed E-state index contributed by atoms with van der Waals surface area (Å²) in [7, 11) is 0. The average Bonchev–Trinajstić information content (AvgIpc) is 3.41. The Bertz CT molecular complexity index is 1070. The molecule has 0 bridgehead atoms. The fraction of sp³-hybridized carbons (Fsp3) is 0.273. The second-order valence-electron chi connectivity index (χ2n) is 7.33. The zero-order valence-electron chi connectivity index (χ0n) is 17.0. The van der Waals surface area contributed by atoms with Gasteiger partial charge in [-0.1, -0.05) is 29.5 Å².